The second kappa shape index (κ2) is 4.98. The first kappa shape index (κ1) is 12.7. The summed E-state index contributed by atoms with van der Waals surface area (Å²) in [7, 11) is 0. The van der Waals surface area contributed by atoms with E-state index in [9.17, 15) is 0 Å². The van der Waals surface area contributed by atoms with E-state index >= 15 is 0 Å². The Balaban J connectivity index is 2.23. The molecule has 0 saturated carbocycles. The van der Waals surface area contributed by atoms with E-state index in [1.165, 1.54) is 5.56 Å². The maximum atomic E-state index is 5.91. The lowest BCUT2D eigenvalue weighted by Crippen LogP contribution is -2.07. The first-order valence-corrected chi connectivity index (χ1v) is 6.69. The molecule has 102 valence electrons. The lowest BCUT2D eigenvalue weighted by Gasteiger charge is -2.10. The lowest BCUT2D eigenvalue weighted by atomic mass is 10.2. The van der Waals surface area contributed by atoms with Crippen molar-refractivity contribution in [2.45, 2.75) is 20.4 Å². The van der Waals surface area contributed by atoms with E-state index in [4.69, 9.17) is 5.73 Å². The third-order valence-electron chi connectivity index (χ3n) is 3.49. The molecule has 0 spiro atoms. The van der Waals surface area contributed by atoms with Gasteiger partial charge in [-0.05, 0) is 38.1 Å². The first-order chi connectivity index (χ1) is 9.70. The van der Waals surface area contributed by atoms with Gasteiger partial charge in [-0.15, -0.1) is 0 Å². The van der Waals surface area contributed by atoms with Crippen molar-refractivity contribution < 1.29 is 0 Å². The third-order valence-corrected chi connectivity index (χ3v) is 3.49. The minimum Gasteiger partial charge on any atom is -0.326 e. The molecule has 0 bridgehead atoms. The maximum absolute atomic E-state index is 5.91. The third kappa shape index (κ3) is 2.04. The van der Waals surface area contributed by atoms with Gasteiger partial charge >= 0.3 is 0 Å². The number of hydrogen-bond acceptors (Lipinski definition) is 2. The van der Waals surface area contributed by atoms with Crippen molar-refractivity contribution >= 4 is 0 Å². The molecular formula is C16H18N4. The fourth-order valence-electron chi connectivity index (χ4n) is 2.39. The monoisotopic (exact) mass is 266 g/mol. The molecule has 0 amide bonds. The summed E-state index contributed by atoms with van der Waals surface area (Å²) in [5.74, 6) is 1.01. The van der Waals surface area contributed by atoms with E-state index in [0.717, 1.165) is 22.8 Å². The predicted octanol–water partition coefficient (Wildman–Crippen LogP) is 2.74. The molecular weight excluding hydrogens is 248 g/mol. The molecule has 20 heavy (non-hydrogen) atoms. The molecule has 1 aromatic carbocycles. The summed E-state index contributed by atoms with van der Waals surface area (Å²) in [5, 5.41) is 4.65. The molecule has 0 fully saturated rings. The SMILES string of the molecule is Cc1ccc(-n2nc(C)c(CN)c2-n2cccc2)cc1. The second-order valence-corrected chi connectivity index (χ2v) is 4.93. The standard InChI is InChI=1S/C16H18N4/c1-12-5-7-14(8-6-12)20-16(19-9-3-4-10-19)15(11-17)13(2)18-20/h3-10H,11,17H2,1-2H3. The Kier molecular flexibility index (Phi) is 3.16. The highest BCUT2D eigenvalue weighted by molar-refractivity contribution is 5.46. The van der Waals surface area contributed by atoms with Crippen LogP contribution in [-0.4, -0.2) is 14.3 Å². The molecule has 3 rings (SSSR count). The number of aromatic nitrogens is 3. The summed E-state index contributed by atoms with van der Waals surface area (Å²) in [5.41, 5.74) is 10.2. The Bertz CT molecular complexity index is 706. The number of benzene rings is 1. The molecule has 0 aliphatic rings. The Labute approximate surface area is 118 Å². The molecule has 0 atom stereocenters. The van der Waals surface area contributed by atoms with E-state index in [0.29, 0.717) is 6.54 Å². The molecule has 0 saturated heterocycles. The van der Waals surface area contributed by atoms with Gasteiger partial charge in [0.05, 0.1) is 11.4 Å². The van der Waals surface area contributed by atoms with Gasteiger partial charge in [-0.25, -0.2) is 4.68 Å². The van der Waals surface area contributed by atoms with Crippen LogP contribution < -0.4 is 5.73 Å². The molecule has 0 radical (unpaired) electrons. The lowest BCUT2D eigenvalue weighted by molar-refractivity contribution is 0.811. The highest BCUT2D eigenvalue weighted by Crippen LogP contribution is 2.22. The Morgan fingerprint density at radius 3 is 2.30 bits per heavy atom. The second-order valence-electron chi connectivity index (χ2n) is 4.93. The molecule has 4 heteroatoms. The predicted molar refractivity (Wildman–Crippen MR) is 80.3 cm³/mol. The molecule has 0 aliphatic heterocycles. The van der Waals surface area contributed by atoms with Crippen molar-refractivity contribution in [1.29, 1.82) is 0 Å². The van der Waals surface area contributed by atoms with Crippen LogP contribution >= 0.6 is 0 Å². The first-order valence-electron chi connectivity index (χ1n) is 6.69. The van der Waals surface area contributed by atoms with E-state index in [1.54, 1.807) is 0 Å². The smallest absolute Gasteiger partial charge is 0.145 e. The summed E-state index contributed by atoms with van der Waals surface area (Å²) < 4.78 is 4.01. The molecule has 0 aliphatic carbocycles. The summed E-state index contributed by atoms with van der Waals surface area (Å²) in [6, 6.07) is 12.3. The van der Waals surface area contributed by atoms with Crippen LogP contribution in [0, 0.1) is 13.8 Å². The van der Waals surface area contributed by atoms with Crippen molar-refractivity contribution in [2.75, 3.05) is 0 Å². The zero-order valence-corrected chi connectivity index (χ0v) is 11.7. The van der Waals surface area contributed by atoms with Crippen molar-refractivity contribution in [3.05, 3.63) is 65.6 Å². The number of aryl methyl sites for hydroxylation is 2. The zero-order chi connectivity index (χ0) is 14.1. The van der Waals surface area contributed by atoms with Crippen LogP contribution in [0.2, 0.25) is 0 Å². The van der Waals surface area contributed by atoms with Gasteiger partial charge in [-0.1, -0.05) is 17.7 Å². The van der Waals surface area contributed by atoms with Gasteiger partial charge in [0, 0.05) is 24.5 Å². The Hall–Kier alpha value is -2.33. The largest absolute Gasteiger partial charge is 0.326 e. The minimum absolute atomic E-state index is 0.477. The van der Waals surface area contributed by atoms with Crippen molar-refractivity contribution in [1.82, 2.24) is 14.3 Å². The summed E-state index contributed by atoms with van der Waals surface area (Å²) >= 11 is 0. The van der Waals surface area contributed by atoms with Gasteiger partial charge in [0.2, 0.25) is 0 Å². The zero-order valence-electron chi connectivity index (χ0n) is 11.7. The van der Waals surface area contributed by atoms with Crippen molar-refractivity contribution in [3.8, 4) is 11.5 Å². The van der Waals surface area contributed by atoms with Gasteiger partial charge < -0.3 is 10.3 Å². The molecule has 2 heterocycles. The fraction of sp³-hybridized carbons (Fsp3) is 0.188. The Morgan fingerprint density at radius 1 is 1.05 bits per heavy atom. The van der Waals surface area contributed by atoms with Crippen LogP contribution in [0.5, 0.6) is 0 Å². The Morgan fingerprint density at radius 2 is 1.70 bits per heavy atom. The average molecular weight is 266 g/mol. The van der Waals surface area contributed by atoms with Gasteiger partial charge in [0.1, 0.15) is 5.82 Å². The maximum Gasteiger partial charge on any atom is 0.145 e. The molecule has 4 nitrogen and oxygen atoms in total. The molecule has 0 unspecified atom stereocenters. The summed E-state index contributed by atoms with van der Waals surface area (Å²) in [6.07, 6.45) is 4.03. The van der Waals surface area contributed by atoms with Gasteiger partial charge in [-0.3, -0.25) is 0 Å². The van der Waals surface area contributed by atoms with Crippen molar-refractivity contribution in [2.24, 2.45) is 5.73 Å². The molecule has 3 aromatic rings. The minimum atomic E-state index is 0.477. The molecule has 2 aromatic heterocycles. The number of hydrogen-bond donors (Lipinski definition) is 1. The van der Waals surface area contributed by atoms with E-state index < -0.39 is 0 Å². The quantitative estimate of drug-likeness (QED) is 0.792. The average Bonchev–Trinajstić information content (AvgIpc) is 3.06. The van der Waals surface area contributed by atoms with Crippen LogP contribution in [0.3, 0.4) is 0 Å². The van der Waals surface area contributed by atoms with Gasteiger partial charge in [0.15, 0.2) is 0 Å². The van der Waals surface area contributed by atoms with Crippen LogP contribution in [0.25, 0.3) is 11.5 Å². The highest BCUT2D eigenvalue weighted by Gasteiger charge is 2.16. The van der Waals surface area contributed by atoms with Crippen LogP contribution in [0.15, 0.2) is 48.8 Å². The topological polar surface area (TPSA) is 48.8 Å². The number of nitrogens with zero attached hydrogens (tertiary/aromatic N) is 3. The van der Waals surface area contributed by atoms with E-state index in [1.807, 2.05) is 36.1 Å². The van der Waals surface area contributed by atoms with E-state index in [2.05, 4.69) is 40.9 Å². The summed E-state index contributed by atoms with van der Waals surface area (Å²) in [4.78, 5) is 0. The molecule has 2 N–H and O–H groups in total. The normalized spacial score (nSPS) is 10.9. The van der Waals surface area contributed by atoms with Crippen molar-refractivity contribution in [3.63, 3.8) is 0 Å². The van der Waals surface area contributed by atoms with Gasteiger partial charge in [-0.2, -0.15) is 5.10 Å². The van der Waals surface area contributed by atoms with E-state index in [-0.39, 0.29) is 0 Å². The number of nitrogens with two attached hydrogens (primary N) is 1. The van der Waals surface area contributed by atoms with Crippen LogP contribution in [-0.2, 0) is 6.54 Å². The van der Waals surface area contributed by atoms with Gasteiger partial charge in [0.25, 0.3) is 0 Å². The van der Waals surface area contributed by atoms with Crippen LogP contribution in [0.1, 0.15) is 16.8 Å². The number of rotatable bonds is 3. The summed E-state index contributed by atoms with van der Waals surface area (Å²) in [6.45, 7) is 4.56. The fourth-order valence-corrected chi connectivity index (χ4v) is 2.39. The van der Waals surface area contributed by atoms with Crippen LogP contribution in [0.4, 0.5) is 0 Å². The highest BCUT2D eigenvalue weighted by atomic mass is 15.3.